The van der Waals surface area contributed by atoms with E-state index >= 15 is 0 Å². The molecule has 0 aliphatic heterocycles. The number of hydrogen-bond acceptors (Lipinski definition) is 2. The monoisotopic (exact) mass is 226 g/mol. The Bertz CT molecular complexity index is 275. The third-order valence-corrected chi connectivity index (χ3v) is 2.96. The maximum absolute atomic E-state index is 13.1. The van der Waals surface area contributed by atoms with Crippen molar-refractivity contribution in [3.05, 3.63) is 22.5 Å². The number of halogens is 3. The molecule has 13 heavy (non-hydrogen) atoms. The smallest absolute Gasteiger partial charge is 0.109 e. The lowest BCUT2D eigenvalue weighted by atomic mass is 9.95. The van der Waals surface area contributed by atoms with Crippen LogP contribution < -0.4 is 0 Å². The summed E-state index contributed by atoms with van der Waals surface area (Å²) in [5, 5.41) is 17.8. The van der Waals surface area contributed by atoms with E-state index in [1.54, 1.807) is 0 Å². The van der Waals surface area contributed by atoms with Crippen molar-refractivity contribution in [1.82, 2.24) is 0 Å². The topological polar surface area (TPSA) is 40.5 Å². The van der Waals surface area contributed by atoms with Crippen molar-refractivity contribution in [3.63, 3.8) is 0 Å². The van der Waals surface area contributed by atoms with Crippen LogP contribution in [0.4, 0.5) is 4.39 Å². The van der Waals surface area contributed by atoms with Crippen molar-refractivity contribution in [2.45, 2.75) is 11.3 Å². The Morgan fingerprint density at radius 3 is 2.62 bits per heavy atom. The van der Waals surface area contributed by atoms with E-state index in [-0.39, 0.29) is 17.0 Å². The van der Waals surface area contributed by atoms with Gasteiger partial charge in [0.05, 0.1) is 13.2 Å². The van der Waals surface area contributed by atoms with Gasteiger partial charge in [0.1, 0.15) is 10.7 Å². The van der Waals surface area contributed by atoms with Crippen LogP contribution in [0.2, 0.25) is 0 Å². The quantitative estimate of drug-likeness (QED) is 0.705. The fourth-order valence-electron chi connectivity index (χ4n) is 1.07. The number of hydrogen-bond donors (Lipinski definition) is 2. The molecule has 0 aromatic heterocycles. The van der Waals surface area contributed by atoms with E-state index in [9.17, 15) is 4.39 Å². The first-order valence-electron chi connectivity index (χ1n) is 3.69. The highest BCUT2D eigenvalue weighted by Gasteiger charge is 2.35. The van der Waals surface area contributed by atoms with Crippen LogP contribution in [0.1, 0.15) is 6.42 Å². The second-order valence-corrected chi connectivity index (χ2v) is 4.01. The molecule has 2 N–H and O–H groups in total. The molecule has 0 spiro atoms. The van der Waals surface area contributed by atoms with Crippen molar-refractivity contribution in [2.75, 3.05) is 13.2 Å². The van der Waals surface area contributed by atoms with Crippen LogP contribution in [-0.4, -0.2) is 28.3 Å². The Morgan fingerprint density at radius 2 is 2.15 bits per heavy atom. The molecule has 0 heterocycles. The van der Waals surface area contributed by atoms with Crippen LogP contribution in [-0.2, 0) is 0 Å². The average molecular weight is 227 g/mol. The van der Waals surface area contributed by atoms with Gasteiger partial charge in [-0.2, -0.15) is 0 Å². The van der Waals surface area contributed by atoms with Crippen molar-refractivity contribution in [1.29, 1.82) is 0 Å². The van der Waals surface area contributed by atoms with Crippen molar-refractivity contribution >= 4 is 23.2 Å². The zero-order valence-corrected chi connectivity index (χ0v) is 8.24. The number of aliphatic hydroxyl groups is 2. The van der Waals surface area contributed by atoms with Crippen LogP contribution in [0, 0.1) is 0 Å². The molecule has 1 aliphatic carbocycles. The molecule has 1 unspecified atom stereocenters. The molecule has 1 aliphatic rings. The highest BCUT2D eigenvalue weighted by atomic mass is 35.5. The molecule has 0 aromatic carbocycles. The summed E-state index contributed by atoms with van der Waals surface area (Å²) in [6, 6.07) is 0. The third-order valence-electron chi connectivity index (χ3n) is 1.93. The molecular weight excluding hydrogens is 218 g/mol. The molecule has 0 radical (unpaired) electrons. The Morgan fingerprint density at radius 1 is 1.54 bits per heavy atom. The maximum Gasteiger partial charge on any atom is 0.109 e. The van der Waals surface area contributed by atoms with Crippen molar-refractivity contribution < 1.29 is 14.6 Å². The number of aliphatic hydroxyl groups excluding tert-OH is 2. The zero-order chi connectivity index (χ0) is 10.1. The van der Waals surface area contributed by atoms with Crippen molar-refractivity contribution in [2.24, 2.45) is 0 Å². The van der Waals surface area contributed by atoms with Crippen molar-refractivity contribution in [3.8, 4) is 0 Å². The lowest BCUT2D eigenvalue weighted by Gasteiger charge is -2.27. The number of alkyl halides is 1. The second kappa shape index (κ2) is 3.96. The average Bonchev–Trinajstić information content (AvgIpc) is 2.11. The molecule has 0 aromatic rings. The predicted octanol–water partition coefficient (Wildman–Crippen LogP) is 1.70. The van der Waals surface area contributed by atoms with Gasteiger partial charge in [-0.1, -0.05) is 11.6 Å². The molecule has 0 saturated heterocycles. The van der Waals surface area contributed by atoms with Gasteiger partial charge in [0.25, 0.3) is 0 Å². The van der Waals surface area contributed by atoms with Gasteiger partial charge in [-0.25, -0.2) is 4.39 Å². The summed E-state index contributed by atoms with van der Waals surface area (Å²) in [6.07, 6.45) is 1.07. The first kappa shape index (κ1) is 11.0. The molecule has 1 rings (SSSR count). The van der Waals surface area contributed by atoms with Crippen LogP contribution >= 0.6 is 23.2 Å². The Balaban J connectivity index is 2.99. The molecule has 1 atom stereocenters. The molecule has 2 nitrogen and oxygen atoms in total. The fraction of sp³-hybridized carbons (Fsp3) is 0.500. The van der Waals surface area contributed by atoms with Gasteiger partial charge in [-0.15, -0.1) is 11.6 Å². The summed E-state index contributed by atoms with van der Waals surface area (Å²) in [5.74, 6) is -0.532. The van der Waals surface area contributed by atoms with E-state index in [2.05, 4.69) is 0 Å². The van der Waals surface area contributed by atoms with E-state index in [0.717, 1.165) is 0 Å². The van der Waals surface area contributed by atoms with Crippen LogP contribution in [0.15, 0.2) is 22.5 Å². The zero-order valence-electron chi connectivity index (χ0n) is 6.73. The van der Waals surface area contributed by atoms with Gasteiger partial charge in [-0.05, 0) is 6.08 Å². The number of allylic oxidation sites excluding steroid dienone is 1. The van der Waals surface area contributed by atoms with Gasteiger partial charge in [0.2, 0.25) is 0 Å². The summed E-state index contributed by atoms with van der Waals surface area (Å²) >= 11 is 11.5. The lowest BCUT2D eigenvalue weighted by Crippen LogP contribution is -2.30. The van der Waals surface area contributed by atoms with Gasteiger partial charge >= 0.3 is 0 Å². The Hall–Kier alpha value is -0.0900. The van der Waals surface area contributed by atoms with Gasteiger partial charge in [0.15, 0.2) is 0 Å². The summed E-state index contributed by atoms with van der Waals surface area (Å²) in [5.41, 5.74) is 0.120. The van der Waals surface area contributed by atoms with Crippen LogP contribution in [0.25, 0.3) is 0 Å². The van der Waals surface area contributed by atoms with Gasteiger partial charge in [0, 0.05) is 17.0 Å². The highest BCUT2D eigenvalue weighted by Crippen LogP contribution is 2.40. The minimum Gasteiger partial charge on any atom is -0.394 e. The largest absolute Gasteiger partial charge is 0.394 e. The predicted molar refractivity (Wildman–Crippen MR) is 49.4 cm³/mol. The molecule has 5 heteroatoms. The Labute approximate surface area is 85.3 Å². The highest BCUT2D eigenvalue weighted by molar-refractivity contribution is 6.40. The molecule has 0 saturated carbocycles. The van der Waals surface area contributed by atoms with Crippen LogP contribution in [0.5, 0.6) is 0 Å². The maximum atomic E-state index is 13.1. The lowest BCUT2D eigenvalue weighted by molar-refractivity contribution is 0.254. The second-order valence-electron chi connectivity index (χ2n) is 2.88. The van der Waals surface area contributed by atoms with Gasteiger partial charge in [-0.3, -0.25) is 0 Å². The van der Waals surface area contributed by atoms with E-state index in [1.807, 2.05) is 0 Å². The van der Waals surface area contributed by atoms with E-state index < -0.39 is 23.9 Å². The Kier molecular flexibility index (Phi) is 3.35. The van der Waals surface area contributed by atoms with E-state index in [0.29, 0.717) is 0 Å². The minimum atomic E-state index is -1.26. The van der Waals surface area contributed by atoms with E-state index in [4.69, 9.17) is 33.4 Å². The number of rotatable bonds is 2. The third kappa shape index (κ3) is 2.05. The summed E-state index contributed by atoms with van der Waals surface area (Å²) in [7, 11) is 0. The molecule has 0 amide bonds. The van der Waals surface area contributed by atoms with Crippen LogP contribution in [0.3, 0.4) is 0 Å². The summed E-state index contributed by atoms with van der Waals surface area (Å²) in [6.45, 7) is -0.851. The van der Waals surface area contributed by atoms with E-state index in [1.165, 1.54) is 6.08 Å². The molecule has 0 bridgehead atoms. The minimum absolute atomic E-state index is 0.120. The normalized spacial score (nSPS) is 29.2. The standard InChI is InChI=1S/C8H9Cl2FO2/c9-7-1-5(3-12)6(11)2-8(7,10)4-13/h1,12-13H,2-4H2. The molecular formula is C8H9Cl2FO2. The fourth-order valence-corrected chi connectivity index (χ4v) is 1.50. The van der Waals surface area contributed by atoms with Gasteiger partial charge < -0.3 is 10.2 Å². The summed E-state index contributed by atoms with van der Waals surface area (Å²) in [4.78, 5) is -1.26. The SMILES string of the molecule is OCC1=C(F)CC(Cl)(CO)C(Cl)=C1. The summed E-state index contributed by atoms with van der Waals surface area (Å²) < 4.78 is 13.1. The first-order valence-corrected chi connectivity index (χ1v) is 4.45. The molecule has 0 fully saturated rings. The first-order chi connectivity index (χ1) is 6.03. The molecule has 74 valence electrons.